The fourth-order valence-corrected chi connectivity index (χ4v) is 3.41. The molecular formula is C19H14Cl3N3O4. The van der Waals surface area contributed by atoms with Crippen LogP contribution in [-0.4, -0.2) is 26.8 Å². The number of nitrogens with one attached hydrogen (secondary N) is 2. The fourth-order valence-electron chi connectivity index (χ4n) is 2.76. The van der Waals surface area contributed by atoms with Crippen LogP contribution in [-0.2, 0) is 4.79 Å². The van der Waals surface area contributed by atoms with Crippen LogP contribution in [0.2, 0.25) is 15.1 Å². The number of amides is 1. The zero-order valence-corrected chi connectivity index (χ0v) is 16.9. The number of hydrogen-bond donors (Lipinski definition) is 3. The Hall–Kier alpha value is -2.74. The first-order valence-electron chi connectivity index (χ1n) is 8.31. The molecule has 0 fully saturated rings. The Balaban J connectivity index is 1.92. The normalized spacial score (nSPS) is 11.8. The fraction of sp³-hybridized carbons (Fsp3) is 0.105. The molecule has 0 bridgehead atoms. The highest BCUT2D eigenvalue weighted by Crippen LogP contribution is 2.28. The van der Waals surface area contributed by atoms with Crippen LogP contribution in [0.1, 0.15) is 28.5 Å². The molecule has 7 nitrogen and oxygen atoms in total. The minimum Gasteiger partial charge on any atom is -0.481 e. The van der Waals surface area contributed by atoms with Gasteiger partial charge >= 0.3 is 5.97 Å². The van der Waals surface area contributed by atoms with E-state index < -0.39 is 29.9 Å². The van der Waals surface area contributed by atoms with Crippen molar-refractivity contribution in [2.45, 2.75) is 12.5 Å². The number of benzene rings is 2. The van der Waals surface area contributed by atoms with E-state index in [2.05, 4.69) is 10.4 Å². The number of carbonyl (C=O) groups is 2. The molecule has 0 radical (unpaired) electrons. The second-order valence-corrected chi connectivity index (χ2v) is 7.34. The molecule has 1 aromatic heterocycles. The van der Waals surface area contributed by atoms with Crippen molar-refractivity contribution >= 4 is 46.7 Å². The molecule has 1 amide bonds. The number of hydrogen-bond acceptors (Lipinski definition) is 3. The lowest BCUT2D eigenvalue weighted by Gasteiger charge is -2.18. The highest BCUT2D eigenvalue weighted by atomic mass is 35.5. The van der Waals surface area contributed by atoms with Crippen molar-refractivity contribution in [3.8, 4) is 5.69 Å². The average molecular weight is 455 g/mol. The summed E-state index contributed by atoms with van der Waals surface area (Å²) in [6.45, 7) is 0. The third kappa shape index (κ3) is 4.82. The monoisotopic (exact) mass is 453 g/mol. The van der Waals surface area contributed by atoms with Gasteiger partial charge in [-0.15, -0.1) is 0 Å². The van der Waals surface area contributed by atoms with Crippen molar-refractivity contribution in [3.05, 3.63) is 85.2 Å². The molecule has 0 saturated carbocycles. The van der Waals surface area contributed by atoms with Gasteiger partial charge in [-0.05, 0) is 35.9 Å². The topological polar surface area (TPSA) is 104 Å². The predicted molar refractivity (Wildman–Crippen MR) is 110 cm³/mol. The Morgan fingerprint density at radius 3 is 2.48 bits per heavy atom. The minimum atomic E-state index is -1.14. The van der Waals surface area contributed by atoms with Gasteiger partial charge in [0, 0.05) is 16.1 Å². The zero-order chi connectivity index (χ0) is 21.1. The standard InChI is InChI=1S/C19H14Cl3N3O4/c20-10-5-6-12(21)11(7-10)14(9-18(27)28)23-19(29)15-8-17(26)25(24-15)16-4-2-1-3-13(16)22/h1-8,14,24H,9H2,(H,23,29)(H,27,28). The lowest BCUT2D eigenvalue weighted by atomic mass is 10.0. The van der Waals surface area contributed by atoms with Crippen LogP contribution < -0.4 is 10.9 Å². The second-order valence-electron chi connectivity index (χ2n) is 6.08. The Labute approximate surface area is 179 Å². The van der Waals surface area contributed by atoms with Gasteiger partial charge in [-0.1, -0.05) is 46.9 Å². The Kier molecular flexibility index (Phi) is 6.32. The van der Waals surface area contributed by atoms with Crippen molar-refractivity contribution in [1.82, 2.24) is 15.1 Å². The van der Waals surface area contributed by atoms with Crippen molar-refractivity contribution in [2.75, 3.05) is 0 Å². The van der Waals surface area contributed by atoms with Gasteiger partial charge in [0.2, 0.25) is 0 Å². The molecule has 3 aromatic rings. The molecule has 0 aliphatic heterocycles. The number of para-hydroxylation sites is 1. The number of H-pyrrole nitrogens is 1. The molecule has 1 heterocycles. The summed E-state index contributed by atoms with van der Waals surface area (Å²) >= 11 is 18.2. The summed E-state index contributed by atoms with van der Waals surface area (Å²) in [6, 6.07) is 11.3. The maximum atomic E-state index is 12.7. The summed E-state index contributed by atoms with van der Waals surface area (Å²) < 4.78 is 1.12. The molecule has 3 rings (SSSR count). The van der Waals surface area contributed by atoms with Crippen LogP contribution in [0.25, 0.3) is 5.69 Å². The van der Waals surface area contributed by atoms with Gasteiger partial charge in [-0.2, -0.15) is 0 Å². The quantitative estimate of drug-likeness (QED) is 0.522. The molecule has 0 saturated heterocycles. The number of nitrogens with zero attached hydrogens (tertiary/aromatic N) is 1. The number of rotatable bonds is 6. The van der Waals surface area contributed by atoms with E-state index in [-0.39, 0.29) is 10.7 Å². The maximum absolute atomic E-state index is 12.7. The van der Waals surface area contributed by atoms with E-state index in [0.29, 0.717) is 21.3 Å². The van der Waals surface area contributed by atoms with Gasteiger partial charge < -0.3 is 10.4 Å². The van der Waals surface area contributed by atoms with Crippen LogP contribution in [0.3, 0.4) is 0 Å². The lowest BCUT2D eigenvalue weighted by Crippen LogP contribution is -2.30. The molecule has 29 heavy (non-hydrogen) atoms. The van der Waals surface area contributed by atoms with E-state index >= 15 is 0 Å². The molecule has 10 heteroatoms. The van der Waals surface area contributed by atoms with Crippen molar-refractivity contribution in [3.63, 3.8) is 0 Å². The number of aromatic amines is 1. The summed E-state index contributed by atoms with van der Waals surface area (Å²) in [4.78, 5) is 36.3. The van der Waals surface area contributed by atoms with Crippen molar-refractivity contribution < 1.29 is 14.7 Å². The van der Waals surface area contributed by atoms with Crippen molar-refractivity contribution in [2.24, 2.45) is 0 Å². The summed E-state index contributed by atoms with van der Waals surface area (Å²) in [6.07, 6.45) is -0.429. The van der Waals surface area contributed by atoms with Crippen LogP contribution in [0.5, 0.6) is 0 Å². The maximum Gasteiger partial charge on any atom is 0.305 e. The van der Waals surface area contributed by atoms with Gasteiger partial charge in [0.15, 0.2) is 0 Å². The van der Waals surface area contributed by atoms with Gasteiger partial charge in [0.1, 0.15) is 5.69 Å². The number of carbonyl (C=O) groups excluding carboxylic acids is 1. The van der Waals surface area contributed by atoms with E-state index in [1.807, 2.05) is 0 Å². The number of carboxylic acid groups (broad SMARTS) is 1. The average Bonchev–Trinajstić information content (AvgIpc) is 3.05. The smallest absolute Gasteiger partial charge is 0.305 e. The van der Waals surface area contributed by atoms with Crippen LogP contribution >= 0.6 is 34.8 Å². The number of halogens is 3. The molecule has 0 aliphatic rings. The second kappa shape index (κ2) is 8.73. The molecule has 0 spiro atoms. The molecule has 3 N–H and O–H groups in total. The summed E-state index contributed by atoms with van der Waals surface area (Å²) in [5, 5.41) is 15.4. The van der Waals surface area contributed by atoms with Gasteiger partial charge in [-0.3, -0.25) is 19.5 Å². The minimum absolute atomic E-state index is 0.0662. The molecule has 1 atom stereocenters. The lowest BCUT2D eigenvalue weighted by molar-refractivity contribution is -0.137. The third-order valence-corrected chi connectivity index (χ3v) is 4.97. The van der Waals surface area contributed by atoms with E-state index in [9.17, 15) is 19.5 Å². The molecule has 2 aromatic carbocycles. The molecular weight excluding hydrogens is 441 g/mol. The van der Waals surface area contributed by atoms with E-state index in [0.717, 1.165) is 10.7 Å². The first-order valence-corrected chi connectivity index (χ1v) is 9.44. The SMILES string of the molecule is O=C(O)CC(NC(=O)c1cc(=O)n(-c2ccccc2Cl)[nH]1)c1cc(Cl)ccc1Cl. The first kappa shape index (κ1) is 21.0. The predicted octanol–water partition coefficient (Wildman–Crippen LogP) is 4.07. The Bertz CT molecular complexity index is 1140. The summed E-state index contributed by atoms with van der Waals surface area (Å²) in [7, 11) is 0. The number of aromatic nitrogens is 2. The Morgan fingerprint density at radius 1 is 1.07 bits per heavy atom. The van der Waals surface area contributed by atoms with Gasteiger partial charge in [-0.25, -0.2) is 4.68 Å². The van der Waals surface area contributed by atoms with Crippen LogP contribution in [0, 0.1) is 0 Å². The number of aliphatic carboxylic acids is 1. The van der Waals surface area contributed by atoms with E-state index in [1.165, 1.54) is 12.1 Å². The largest absolute Gasteiger partial charge is 0.481 e. The third-order valence-electron chi connectivity index (χ3n) is 4.08. The van der Waals surface area contributed by atoms with E-state index in [1.54, 1.807) is 30.3 Å². The first-order chi connectivity index (χ1) is 13.8. The molecule has 0 aliphatic carbocycles. The zero-order valence-electron chi connectivity index (χ0n) is 14.7. The van der Waals surface area contributed by atoms with Gasteiger partial charge in [0.25, 0.3) is 11.5 Å². The van der Waals surface area contributed by atoms with Crippen LogP contribution in [0.4, 0.5) is 0 Å². The summed E-state index contributed by atoms with van der Waals surface area (Å²) in [5.74, 6) is -1.83. The molecule has 1 unspecified atom stereocenters. The van der Waals surface area contributed by atoms with Crippen LogP contribution in [0.15, 0.2) is 53.3 Å². The summed E-state index contributed by atoms with van der Waals surface area (Å²) in [5.41, 5.74) is 0.156. The van der Waals surface area contributed by atoms with E-state index in [4.69, 9.17) is 34.8 Å². The number of carboxylic acids is 1. The van der Waals surface area contributed by atoms with Crippen molar-refractivity contribution in [1.29, 1.82) is 0 Å². The van der Waals surface area contributed by atoms with Gasteiger partial charge in [0.05, 0.1) is 23.2 Å². The highest BCUT2D eigenvalue weighted by Gasteiger charge is 2.23. The highest BCUT2D eigenvalue weighted by molar-refractivity contribution is 6.33. The Morgan fingerprint density at radius 2 is 1.79 bits per heavy atom. The molecule has 150 valence electrons.